The number of para-hydroxylation sites is 1. The van der Waals surface area contributed by atoms with Crippen LogP contribution in [0.2, 0.25) is 0 Å². The summed E-state index contributed by atoms with van der Waals surface area (Å²) in [5.41, 5.74) is 3.90. The van der Waals surface area contributed by atoms with Crippen molar-refractivity contribution in [2.45, 2.75) is 25.0 Å². The molecule has 178 valence electrons. The van der Waals surface area contributed by atoms with Crippen molar-refractivity contribution in [3.8, 4) is 11.5 Å². The minimum Gasteiger partial charge on any atom is -0.493 e. The average molecular weight is 488 g/mol. The highest BCUT2D eigenvalue weighted by molar-refractivity contribution is 7.09. The number of aromatic amines is 1. The van der Waals surface area contributed by atoms with Crippen molar-refractivity contribution in [3.63, 3.8) is 0 Å². The lowest BCUT2D eigenvalue weighted by atomic mass is 9.86. The van der Waals surface area contributed by atoms with Crippen LogP contribution in [0.25, 0.3) is 10.9 Å². The number of methoxy groups -OCH3 is 2. The fourth-order valence-corrected chi connectivity index (χ4v) is 6.14. The number of ether oxygens (including phenoxy) is 2. The molecule has 4 aromatic rings. The summed E-state index contributed by atoms with van der Waals surface area (Å²) in [5.74, 6) is 1.12. The van der Waals surface area contributed by atoms with E-state index >= 15 is 0 Å². The Balaban J connectivity index is 1.49. The normalized spacial score (nSPS) is 19.6. The van der Waals surface area contributed by atoms with Crippen molar-refractivity contribution in [1.82, 2.24) is 14.8 Å². The molecule has 6 rings (SSSR count). The molecule has 35 heavy (non-hydrogen) atoms. The highest BCUT2D eigenvalue weighted by Crippen LogP contribution is 2.44. The zero-order valence-corrected chi connectivity index (χ0v) is 20.3. The monoisotopic (exact) mass is 487 g/mol. The molecule has 1 N–H and O–H groups in total. The Morgan fingerprint density at radius 1 is 1.03 bits per heavy atom. The molecule has 0 saturated carbocycles. The molecular weight excluding hydrogens is 462 g/mol. The molecule has 0 bridgehead atoms. The molecule has 0 aliphatic carbocycles. The Kier molecular flexibility index (Phi) is 5.25. The second kappa shape index (κ2) is 8.46. The first-order chi connectivity index (χ1) is 17.1. The van der Waals surface area contributed by atoms with E-state index in [0.717, 1.165) is 32.6 Å². The van der Waals surface area contributed by atoms with E-state index in [4.69, 9.17) is 9.47 Å². The van der Waals surface area contributed by atoms with Crippen molar-refractivity contribution in [2.75, 3.05) is 20.8 Å². The molecule has 8 heteroatoms. The number of H-pyrrole nitrogens is 1. The molecule has 0 spiro atoms. The first-order valence-electron chi connectivity index (χ1n) is 11.5. The second-order valence-electron chi connectivity index (χ2n) is 8.87. The maximum atomic E-state index is 13.8. The lowest BCUT2D eigenvalue weighted by molar-refractivity contribution is -0.159. The molecule has 0 radical (unpaired) electrons. The first kappa shape index (κ1) is 21.7. The van der Waals surface area contributed by atoms with Crippen LogP contribution in [0.4, 0.5) is 0 Å². The van der Waals surface area contributed by atoms with Gasteiger partial charge < -0.3 is 24.3 Å². The standard InChI is InChI=1S/C27H25N3O4S/c1-33-22-10-9-16(12-23(22)34-2)26-25-19(18-7-3-4-8-20(18)28-25)13-21-27(32)29(15-24(31)30(21)26)14-17-6-5-11-35-17/h3-12,21,26,28H,13-15H2,1-2H3/t21-,26+/m0/s1. The van der Waals surface area contributed by atoms with E-state index in [2.05, 4.69) is 11.1 Å². The largest absolute Gasteiger partial charge is 0.493 e. The molecule has 1 fully saturated rings. The van der Waals surface area contributed by atoms with Crippen molar-refractivity contribution >= 4 is 34.1 Å². The highest BCUT2D eigenvalue weighted by Gasteiger charge is 2.48. The number of aromatic nitrogens is 1. The number of benzene rings is 2. The summed E-state index contributed by atoms with van der Waals surface area (Å²) in [6.45, 7) is 0.515. The van der Waals surface area contributed by atoms with Gasteiger partial charge in [-0.05, 0) is 40.8 Å². The summed E-state index contributed by atoms with van der Waals surface area (Å²) in [4.78, 5) is 35.5. The van der Waals surface area contributed by atoms with Crippen LogP contribution in [0.3, 0.4) is 0 Å². The number of nitrogens with zero attached hydrogens (tertiary/aromatic N) is 2. The van der Waals surface area contributed by atoms with E-state index in [1.807, 2.05) is 53.9 Å². The van der Waals surface area contributed by atoms with Crippen LogP contribution in [0.15, 0.2) is 60.0 Å². The Morgan fingerprint density at radius 2 is 1.86 bits per heavy atom. The molecule has 2 aliphatic rings. The van der Waals surface area contributed by atoms with Gasteiger partial charge >= 0.3 is 0 Å². The minimum absolute atomic E-state index is 0.0144. The summed E-state index contributed by atoms with van der Waals surface area (Å²) >= 11 is 1.60. The van der Waals surface area contributed by atoms with Gasteiger partial charge in [0.2, 0.25) is 11.8 Å². The Hall–Kier alpha value is -3.78. The highest BCUT2D eigenvalue weighted by atomic mass is 32.1. The van der Waals surface area contributed by atoms with E-state index < -0.39 is 12.1 Å². The number of piperazine rings is 1. The Bertz CT molecular complexity index is 1430. The number of fused-ring (bicyclic) bond motifs is 4. The second-order valence-corrected chi connectivity index (χ2v) is 9.91. The molecule has 0 unspecified atom stereocenters. The van der Waals surface area contributed by atoms with Crippen molar-refractivity contribution in [3.05, 3.63) is 81.7 Å². The van der Waals surface area contributed by atoms with Gasteiger partial charge in [-0.2, -0.15) is 0 Å². The SMILES string of the molecule is COc1ccc([C@@H]2c3[nH]c4ccccc4c3C[C@H]3C(=O)N(Cc4cccs4)CC(=O)N23)cc1OC. The third-order valence-electron chi connectivity index (χ3n) is 6.99. The fourth-order valence-electron chi connectivity index (χ4n) is 5.42. The van der Waals surface area contributed by atoms with Crippen LogP contribution in [0.1, 0.15) is 27.7 Å². The van der Waals surface area contributed by atoms with Crippen LogP contribution < -0.4 is 9.47 Å². The van der Waals surface area contributed by atoms with Gasteiger partial charge in [-0.3, -0.25) is 9.59 Å². The number of nitrogens with one attached hydrogen (secondary N) is 1. The predicted octanol–water partition coefficient (Wildman–Crippen LogP) is 4.13. The van der Waals surface area contributed by atoms with Crippen molar-refractivity contribution < 1.29 is 19.1 Å². The van der Waals surface area contributed by atoms with E-state index in [1.54, 1.807) is 35.4 Å². The molecule has 2 atom stereocenters. The van der Waals surface area contributed by atoms with Crippen LogP contribution in [-0.2, 0) is 22.6 Å². The fraction of sp³-hybridized carbons (Fsp3) is 0.259. The molecule has 2 aromatic heterocycles. The number of amides is 2. The lowest BCUT2D eigenvalue weighted by Gasteiger charge is -2.47. The predicted molar refractivity (Wildman–Crippen MR) is 134 cm³/mol. The summed E-state index contributed by atoms with van der Waals surface area (Å²) in [5, 5.41) is 3.08. The number of hydrogen-bond acceptors (Lipinski definition) is 5. The van der Waals surface area contributed by atoms with Gasteiger partial charge in [-0.15, -0.1) is 11.3 Å². The van der Waals surface area contributed by atoms with Gasteiger partial charge in [0.25, 0.3) is 0 Å². The smallest absolute Gasteiger partial charge is 0.246 e. The molecule has 2 aromatic carbocycles. The molecule has 2 amide bonds. The Morgan fingerprint density at radius 3 is 2.63 bits per heavy atom. The van der Waals surface area contributed by atoms with Crippen molar-refractivity contribution in [1.29, 1.82) is 0 Å². The molecular formula is C27H25N3O4S. The summed E-state index contributed by atoms with van der Waals surface area (Å²) < 4.78 is 11.0. The first-order valence-corrected chi connectivity index (χ1v) is 12.4. The van der Waals surface area contributed by atoms with Gasteiger partial charge in [0, 0.05) is 27.9 Å². The molecule has 7 nitrogen and oxygen atoms in total. The molecule has 4 heterocycles. The van der Waals surface area contributed by atoms with E-state index in [9.17, 15) is 9.59 Å². The van der Waals surface area contributed by atoms with Gasteiger partial charge in [0.05, 0.1) is 26.8 Å². The quantitative estimate of drug-likeness (QED) is 0.459. The summed E-state index contributed by atoms with van der Waals surface area (Å²) in [6, 6.07) is 16.8. The number of carbonyl (C=O) groups excluding carboxylic acids is 2. The molecule has 2 aliphatic heterocycles. The van der Waals surface area contributed by atoms with Gasteiger partial charge in [0.1, 0.15) is 12.6 Å². The van der Waals surface area contributed by atoms with Crippen LogP contribution in [0.5, 0.6) is 11.5 Å². The van der Waals surface area contributed by atoms with Gasteiger partial charge in [-0.25, -0.2) is 0 Å². The van der Waals surface area contributed by atoms with E-state index in [0.29, 0.717) is 24.5 Å². The summed E-state index contributed by atoms with van der Waals surface area (Å²) in [6.07, 6.45) is 0.481. The molecule has 1 saturated heterocycles. The van der Waals surface area contributed by atoms with Gasteiger partial charge in [-0.1, -0.05) is 30.3 Å². The summed E-state index contributed by atoms with van der Waals surface area (Å²) in [7, 11) is 3.19. The number of thiophene rings is 1. The van der Waals surface area contributed by atoms with Crippen LogP contribution >= 0.6 is 11.3 Å². The van der Waals surface area contributed by atoms with Gasteiger partial charge in [0.15, 0.2) is 11.5 Å². The maximum Gasteiger partial charge on any atom is 0.246 e. The number of carbonyl (C=O) groups is 2. The average Bonchev–Trinajstić information content (AvgIpc) is 3.53. The Labute approximate surface area is 206 Å². The number of hydrogen-bond donors (Lipinski definition) is 1. The van der Waals surface area contributed by atoms with Crippen molar-refractivity contribution in [2.24, 2.45) is 0 Å². The van der Waals surface area contributed by atoms with Crippen LogP contribution in [-0.4, -0.2) is 53.4 Å². The zero-order chi connectivity index (χ0) is 24.1. The lowest BCUT2D eigenvalue weighted by Crippen LogP contribution is -2.62. The third-order valence-corrected chi connectivity index (χ3v) is 7.85. The number of rotatable bonds is 5. The topological polar surface area (TPSA) is 74.9 Å². The zero-order valence-electron chi connectivity index (χ0n) is 19.5. The van der Waals surface area contributed by atoms with E-state index in [-0.39, 0.29) is 18.4 Å². The van der Waals surface area contributed by atoms with E-state index in [1.165, 1.54) is 0 Å². The van der Waals surface area contributed by atoms with Crippen LogP contribution in [0, 0.1) is 0 Å². The third kappa shape index (κ3) is 3.47. The maximum absolute atomic E-state index is 13.8. The minimum atomic E-state index is -0.569.